The number of aromatic nitrogens is 3. The van der Waals surface area contributed by atoms with E-state index in [9.17, 15) is 14.4 Å². The highest BCUT2D eigenvalue weighted by Crippen LogP contribution is 2.20. The van der Waals surface area contributed by atoms with E-state index in [0.29, 0.717) is 21.9 Å². The maximum Gasteiger partial charge on any atom is 0.271 e. The normalized spacial score (nSPS) is 10.5. The standard InChI is InChI=1S/C23H20N6O3S2/c1-29-14-24-28-23(29)34-13-15-8-10-16(11-9-15)20(30)26-27-21(31)17-5-2-3-6-18(17)25-22(32)19-7-4-12-33-19/h2-12,14H,13H2,1H3,(H,25,32)(H,26,30)(H,27,31). The first kappa shape index (κ1) is 23.2. The minimum Gasteiger partial charge on any atom is -0.321 e. The molecule has 0 bridgehead atoms. The first-order valence-electron chi connectivity index (χ1n) is 10.1. The maximum absolute atomic E-state index is 12.7. The third kappa shape index (κ3) is 5.69. The number of hydrogen-bond donors (Lipinski definition) is 3. The molecule has 0 aliphatic carbocycles. The lowest BCUT2D eigenvalue weighted by Gasteiger charge is -2.12. The lowest BCUT2D eigenvalue weighted by atomic mass is 10.1. The van der Waals surface area contributed by atoms with E-state index < -0.39 is 11.8 Å². The van der Waals surface area contributed by atoms with Gasteiger partial charge < -0.3 is 9.88 Å². The van der Waals surface area contributed by atoms with Crippen LogP contribution in [0.15, 0.2) is 77.5 Å². The van der Waals surface area contributed by atoms with Gasteiger partial charge in [0.25, 0.3) is 17.7 Å². The molecular weight excluding hydrogens is 472 g/mol. The second-order valence-corrected chi connectivity index (χ2v) is 8.99. The number of thioether (sulfide) groups is 1. The molecular formula is C23H20N6O3S2. The second-order valence-electron chi connectivity index (χ2n) is 7.10. The zero-order chi connectivity index (χ0) is 23.9. The van der Waals surface area contributed by atoms with Crippen molar-refractivity contribution in [1.82, 2.24) is 25.6 Å². The summed E-state index contributed by atoms with van der Waals surface area (Å²) >= 11 is 2.84. The van der Waals surface area contributed by atoms with E-state index in [4.69, 9.17) is 0 Å². The number of rotatable bonds is 7. The van der Waals surface area contributed by atoms with Crippen LogP contribution in [0.5, 0.6) is 0 Å². The fourth-order valence-corrected chi connectivity index (χ4v) is 4.40. The van der Waals surface area contributed by atoms with Crippen molar-refractivity contribution in [2.45, 2.75) is 10.9 Å². The van der Waals surface area contributed by atoms with Crippen molar-refractivity contribution < 1.29 is 14.4 Å². The molecule has 0 fully saturated rings. The molecule has 9 nitrogen and oxygen atoms in total. The fraction of sp³-hybridized carbons (Fsp3) is 0.0870. The molecule has 4 aromatic rings. The van der Waals surface area contributed by atoms with Gasteiger partial charge in [0.15, 0.2) is 5.16 Å². The third-order valence-corrected chi connectivity index (χ3v) is 6.68. The van der Waals surface area contributed by atoms with E-state index in [1.165, 1.54) is 23.1 Å². The van der Waals surface area contributed by atoms with Crippen LogP contribution in [0.3, 0.4) is 0 Å². The summed E-state index contributed by atoms with van der Waals surface area (Å²) in [5.74, 6) is -0.635. The summed E-state index contributed by atoms with van der Waals surface area (Å²) in [7, 11) is 1.88. The first-order chi connectivity index (χ1) is 16.5. The van der Waals surface area contributed by atoms with Crippen molar-refractivity contribution in [1.29, 1.82) is 0 Å². The van der Waals surface area contributed by atoms with Crippen LogP contribution >= 0.6 is 23.1 Å². The monoisotopic (exact) mass is 492 g/mol. The molecule has 2 aromatic heterocycles. The Kier molecular flexibility index (Phi) is 7.35. The molecule has 11 heteroatoms. The molecule has 2 aromatic carbocycles. The molecule has 3 N–H and O–H groups in total. The van der Waals surface area contributed by atoms with Crippen LogP contribution in [0.1, 0.15) is 36.0 Å². The molecule has 0 saturated carbocycles. The van der Waals surface area contributed by atoms with Crippen LogP contribution < -0.4 is 16.2 Å². The molecule has 0 atom stereocenters. The van der Waals surface area contributed by atoms with Crippen LogP contribution in [0, 0.1) is 0 Å². The van der Waals surface area contributed by atoms with Gasteiger partial charge in [0.2, 0.25) is 0 Å². The number of anilines is 1. The highest BCUT2D eigenvalue weighted by Gasteiger charge is 2.15. The van der Waals surface area contributed by atoms with Gasteiger partial charge in [-0.3, -0.25) is 25.2 Å². The Morgan fingerprint density at radius 2 is 1.71 bits per heavy atom. The van der Waals surface area contributed by atoms with Gasteiger partial charge in [-0.2, -0.15) is 0 Å². The third-order valence-electron chi connectivity index (χ3n) is 4.71. The van der Waals surface area contributed by atoms with Crippen molar-refractivity contribution in [3.63, 3.8) is 0 Å². The highest BCUT2D eigenvalue weighted by molar-refractivity contribution is 7.98. The van der Waals surface area contributed by atoms with Gasteiger partial charge in [-0.1, -0.05) is 42.1 Å². The first-order valence-corrected chi connectivity index (χ1v) is 12.0. The molecule has 0 saturated heterocycles. The summed E-state index contributed by atoms with van der Waals surface area (Å²) in [5, 5.41) is 13.2. The summed E-state index contributed by atoms with van der Waals surface area (Å²) in [4.78, 5) is 38.0. The molecule has 0 aliphatic heterocycles. The predicted octanol–water partition coefficient (Wildman–Crippen LogP) is 3.50. The number of para-hydroxylation sites is 1. The van der Waals surface area contributed by atoms with E-state index in [1.54, 1.807) is 60.2 Å². The van der Waals surface area contributed by atoms with Crippen molar-refractivity contribution in [2.75, 3.05) is 5.32 Å². The van der Waals surface area contributed by atoms with Gasteiger partial charge in [0, 0.05) is 18.4 Å². The molecule has 172 valence electrons. The van der Waals surface area contributed by atoms with Crippen LogP contribution in [0.4, 0.5) is 5.69 Å². The van der Waals surface area contributed by atoms with E-state index in [2.05, 4.69) is 26.4 Å². The van der Waals surface area contributed by atoms with Gasteiger partial charge in [-0.25, -0.2) is 0 Å². The van der Waals surface area contributed by atoms with Gasteiger partial charge in [-0.15, -0.1) is 21.5 Å². The van der Waals surface area contributed by atoms with Gasteiger partial charge in [-0.05, 0) is 41.3 Å². The number of aryl methyl sites for hydroxylation is 1. The van der Waals surface area contributed by atoms with Crippen LogP contribution in [0.2, 0.25) is 0 Å². The topological polar surface area (TPSA) is 118 Å². The Hall–Kier alpha value is -3.96. The predicted molar refractivity (Wildman–Crippen MR) is 131 cm³/mol. The Morgan fingerprint density at radius 3 is 2.41 bits per heavy atom. The van der Waals surface area contributed by atoms with E-state index in [-0.39, 0.29) is 11.5 Å². The highest BCUT2D eigenvalue weighted by atomic mass is 32.2. The number of nitrogens with zero attached hydrogens (tertiary/aromatic N) is 3. The maximum atomic E-state index is 12.7. The molecule has 2 heterocycles. The molecule has 0 radical (unpaired) electrons. The number of nitrogens with one attached hydrogen (secondary N) is 3. The number of benzene rings is 2. The molecule has 0 unspecified atom stereocenters. The summed E-state index contributed by atoms with van der Waals surface area (Å²) in [5.41, 5.74) is 6.80. The van der Waals surface area contributed by atoms with Crippen LogP contribution in [-0.2, 0) is 12.8 Å². The van der Waals surface area contributed by atoms with Crippen molar-refractivity contribution >= 4 is 46.5 Å². The van der Waals surface area contributed by atoms with Gasteiger partial charge in [0.1, 0.15) is 6.33 Å². The zero-order valence-electron chi connectivity index (χ0n) is 18.0. The van der Waals surface area contributed by atoms with Crippen molar-refractivity contribution in [3.8, 4) is 0 Å². The molecule has 0 spiro atoms. The molecule has 34 heavy (non-hydrogen) atoms. The Morgan fingerprint density at radius 1 is 0.941 bits per heavy atom. The minimum atomic E-state index is -0.549. The Bertz CT molecular complexity index is 1300. The second kappa shape index (κ2) is 10.8. The zero-order valence-corrected chi connectivity index (χ0v) is 19.7. The Balaban J connectivity index is 1.33. The molecule has 0 aliphatic rings. The summed E-state index contributed by atoms with van der Waals surface area (Å²) in [6, 6.07) is 17.1. The van der Waals surface area contributed by atoms with Crippen molar-refractivity contribution in [3.05, 3.63) is 93.9 Å². The summed E-state index contributed by atoms with van der Waals surface area (Å²) < 4.78 is 1.83. The number of hydrazine groups is 1. The summed E-state index contributed by atoms with van der Waals surface area (Å²) in [6.07, 6.45) is 1.64. The lowest BCUT2D eigenvalue weighted by molar-refractivity contribution is 0.0847. The lowest BCUT2D eigenvalue weighted by Crippen LogP contribution is -2.41. The number of thiophene rings is 1. The SMILES string of the molecule is Cn1cnnc1SCc1ccc(C(=O)NNC(=O)c2ccccc2NC(=O)c2cccs2)cc1. The molecule has 4 rings (SSSR count). The van der Waals surface area contributed by atoms with Crippen LogP contribution in [-0.4, -0.2) is 32.5 Å². The van der Waals surface area contributed by atoms with Gasteiger partial charge in [0.05, 0.1) is 16.1 Å². The minimum absolute atomic E-state index is 0.226. The Labute approximate surface area is 203 Å². The van der Waals surface area contributed by atoms with Crippen LogP contribution in [0.25, 0.3) is 0 Å². The largest absolute Gasteiger partial charge is 0.321 e. The number of hydrogen-bond acceptors (Lipinski definition) is 7. The summed E-state index contributed by atoms with van der Waals surface area (Å²) in [6.45, 7) is 0. The van der Waals surface area contributed by atoms with E-state index in [1.807, 2.05) is 23.7 Å². The number of carbonyl (C=O) groups is 3. The van der Waals surface area contributed by atoms with Gasteiger partial charge >= 0.3 is 0 Å². The van der Waals surface area contributed by atoms with E-state index >= 15 is 0 Å². The number of carbonyl (C=O) groups excluding carboxylic acids is 3. The fourth-order valence-electron chi connectivity index (χ4n) is 2.94. The quantitative estimate of drug-likeness (QED) is 0.268. The smallest absolute Gasteiger partial charge is 0.271 e. The molecule has 3 amide bonds. The average molecular weight is 493 g/mol. The van der Waals surface area contributed by atoms with Crippen molar-refractivity contribution in [2.24, 2.45) is 7.05 Å². The number of amides is 3. The van der Waals surface area contributed by atoms with E-state index in [0.717, 1.165) is 10.7 Å². The average Bonchev–Trinajstić information content (AvgIpc) is 3.54.